The molecule has 0 radical (unpaired) electrons. The minimum Gasteiger partial charge on any atom is -0.339 e. The molecular formula is C21H17ClN4O2S. The smallest absolute Gasteiger partial charge is 0.227 e. The van der Waals surface area contributed by atoms with Gasteiger partial charge in [0.25, 0.3) is 0 Å². The Bertz CT molecular complexity index is 1070. The largest absolute Gasteiger partial charge is 0.339 e. The number of carbonyl (C=O) groups is 1. The van der Waals surface area contributed by atoms with Crippen LogP contribution >= 0.6 is 22.9 Å². The minimum absolute atomic E-state index is 0.0613. The first kappa shape index (κ1) is 19.3. The van der Waals surface area contributed by atoms with Crippen molar-refractivity contribution in [2.75, 3.05) is 4.90 Å². The van der Waals surface area contributed by atoms with Crippen LogP contribution in [0.2, 0.25) is 5.02 Å². The van der Waals surface area contributed by atoms with Gasteiger partial charge in [0.15, 0.2) is 0 Å². The van der Waals surface area contributed by atoms with Crippen molar-refractivity contribution in [3.63, 3.8) is 0 Å². The van der Waals surface area contributed by atoms with E-state index in [9.17, 15) is 4.79 Å². The van der Waals surface area contributed by atoms with E-state index in [0.717, 1.165) is 16.3 Å². The summed E-state index contributed by atoms with van der Waals surface area (Å²) in [6.07, 6.45) is 2.31. The number of anilines is 1. The third-order valence-corrected chi connectivity index (χ3v) is 5.37. The van der Waals surface area contributed by atoms with Crippen molar-refractivity contribution in [3.05, 3.63) is 82.8 Å². The summed E-state index contributed by atoms with van der Waals surface area (Å²) in [5.41, 5.74) is 1.56. The maximum Gasteiger partial charge on any atom is 0.227 e. The Kier molecular flexibility index (Phi) is 5.97. The van der Waals surface area contributed by atoms with Crippen LogP contribution in [0.3, 0.4) is 0 Å². The molecule has 0 bridgehead atoms. The molecule has 3 aromatic heterocycles. The molecule has 1 aromatic carbocycles. The molecule has 0 saturated heterocycles. The standard InChI is InChI=1S/C21H17ClN4O2S/c22-15-6-8-17(9-7-15)26(14-16-4-1-2-12-23-16)20(27)11-10-19-24-21(25-28-19)18-5-3-13-29-18/h1-9,12-13H,10-11,14H2. The SMILES string of the molecule is O=C(CCc1nc(-c2cccs2)no1)N(Cc1ccccn1)c1ccc(Cl)cc1. The number of benzene rings is 1. The van der Waals surface area contributed by atoms with E-state index in [0.29, 0.717) is 29.7 Å². The molecule has 29 heavy (non-hydrogen) atoms. The van der Waals surface area contributed by atoms with Crippen molar-refractivity contribution in [1.82, 2.24) is 15.1 Å². The maximum atomic E-state index is 13.0. The second-order valence-corrected chi connectivity index (χ2v) is 7.65. The Hall–Kier alpha value is -3.03. The van der Waals surface area contributed by atoms with E-state index in [1.807, 2.05) is 47.8 Å². The van der Waals surface area contributed by atoms with Gasteiger partial charge in [-0.05, 0) is 47.8 Å². The Morgan fingerprint density at radius 1 is 1.10 bits per heavy atom. The first-order chi connectivity index (χ1) is 14.2. The van der Waals surface area contributed by atoms with E-state index in [4.69, 9.17) is 16.1 Å². The quantitative estimate of drug-likeness (QED) is 0.417. The lowest BCUT2D eigenvalue weighted by Crippen LogP contribution is -2.31. The van der Waals surface area contributed by atoms with Gasteiger partial charge >= 0.3 is 0 Å². The maximum absolute atomic E-state index is 13.0. The van der Waals surface area contributed by atoms with Crippen LogP contribution in [-0.4, -0.2) is 21.0 Å². The van der Waals surface area contributed by atoms with E-state index >= 15 is 0 Å². The van der Waals surface area contributed by atoms with Gasteiger partial charge in [0, 0.05) is 29.7 Å². The van der Waals surface area contributed by atoms with E-state index in [1.165, 1.54) is 0 Å². The summed E-state index contributed by atoms with van der Waals surface area (Å²) in [5.74, 6) is 0.926. The Balaban J connectivity index is 1.48. The van der Waals surface area contributed by atoms with E-state index in [-0.39, 0.29) is 12.3 Å². The number of hydrogen-bond donors (Lipinski definition) is 0. The molecule has 1 amide bonds. The van der Waals surface area contributed by atoms with Gasteiger partial charge < -0.3 is 9.42 Å². The molecule has 0 aliphatic carbocycles. The molecule has 4 rings (SSSR count). The lowest BCUT2D eigenvalue weighted by molar-refractivity contribution is -0.118. The Morgan fingerprint density at radius 3 is 2.69 bits per heavy atom. The molecular weight excluding hydrogens is 408 g/mol. The molecule has 0 aliphatic heterocycles. The summed E-state index contributed by atoms with van der Waals surface area (Å²) in [6.45, 7) is 0.367. The molecule has 0 spiro atoms. The number of amides is 1. The zero-order chi connectivity index (χ0) is 20.1. The highest BCUT2D eigenvalue weighted by molar-refractivity contribution is 7.13. The summed E-state index contributed by atoms with van der Waals surface area (Å²) >= 11 is 7.54. The zero-order valence-electron chi connectivity index (χ0n) is 15.4. The van der Waals surface area contributed by atoms with Crippen LogP contribution in [0.4, 0.5) is 5.69 Å². The molecule has 0 N–H and O–H groups in total. The predicted molar refractivity (Wildman–Crippen MR) is 113 cm³/mol. The van der Waals surface area contributed by atoms with Crippen LogP contribution in [0.15, 0.2) is 70.7 Å². The number of thiophene rings is 1. The van der Waals surface area contributed by atoms with Crippen molar-refractivity contribution in [3.8, 4) is 10.7 Å². The van der Waals surface area contributed by atoms with E-state index in [1.54, 1.807) is 34.6 Å². The van der Waals surface area contributed by atoms with Crippen LogP contribution < -0.4 is 4.90 Å². The van der Waals surface area contributed by atoms with Gasteiger partial charge in [-0.15, -0.1) is 11.3 Å². The van der Waals surface area contributed by atoms with Crippen LogP contribution in [0.5, 0.6) is 0 Å². The molecule has 146 valence electrons. The fourth-order valence-corrected chi connectivity index (χ4v) is 3.58. The van der Waals surface area contributed by atoms with E-state index < -0.39 is 0 Å². The highest BCUT2D eigenvalue weighted by atomic mass is 35.5. The molecule has 3 heterocycles. The summed E-state index contributed by atoms with van der Waals surface area (Å²) < 4.78 is 5.30. The second kappa shape index (κ2) is 8.98. The number of aromatic nitrogens is 3. The zero-order valence-corrected chi connectivity index (χ0v) is 16.9. The van der Waals surface area contributed by atoms with Gasteiger partial charge in [0.1, 0.15) is 0 Å². The average molecular weight is 425 g/mol. The monoisotopic (exact) mass is 424 g/mol. The number of pyridine rings is 1. The normalized spacial score (nSPS) is 10.8. The van der Waals surface area contributed by atoms with Gasteiger partial charge in [0.05, 0.1) is 17.1 Å². The molecule has 0 atom stereocenters. The third kappa shape index (κ3) is 4.88. The van der Waals surface area contributed by atoms with Crippen LogP contribution in [0.25, 0.3) is 10.7 Å². The molecule has 6 nitrogen and oxygen atoms in total. The van der Waals surface area contributed by atoms with Crippen LogP contribution in [0, 0.1) is 0 Å². The highest BCUT2D eigenvalue weighted by Gasteiger charge is 2.19. The first-order valence-corrected chi connectivity index (χ1v) is 10.3. The van der Waals surface area contributed by atoms with Crippen LogP contribution in [0.1, 0.15) is 18.0 Å². The topological polar surface area (TPSA) is 72.1 Å². The Labute approximate surface area is 176 Å². The van der Waals surface area contributed by atoms with Gasteiger partial charge in [-0.3, -0.25) is 9.78 Å². The van der Waals surface area contributed by atoms with Gasteiger partial charge in [-0.1, -0.05) is 28.9 Å². The average Bonchev–Trinajstić information content (AvgIpc) is 3.44. The van der Waals surface area contributed by atoms with E-state index in [2.05, 4.69) is 15.1 Å². The van der Waals surface area contributed by atoms with Crippen molar-refractivity contribution in [2.24, 2.45) is 0 Å². The van der Waals surface area contributed by atoms with Gasteiger partial charge in [-0.2, -0.15) is 4.98 Å². The summed E-state index contributed by atoms with van der Waals surface area (Å²) in [5, 5.41) is 6.56. The number of carbonyl (C=O) groups excluding carboxylic acids is 1. The fraction of sp³-hybridized carbons (Fsp3) is 0.143. The summed E-state index contributed by atoms with van der Waals surface area (Å²) in [6, 6.07) is 16.7. The lowest BCUT2D eigenvalue weighted by atomic mass is 10.2. The first-order valence-electron chi connectivity index (χ1n) is 9.01. The summed E-state index contributed by atoms with van der Waals surface area (Å²) in [4.78, 5) is 24.4. The van der Waals surface area contributed by atoms with Crippen molar-refractivity contribution < 1.29 is 9.32 Å². The molecule has 4 aromatic rings. The predicted octanol–water partition coefficient (Wildman–Crippen LogP) is 5.01. The van der Waals surface area contributed by atoms with Gasteiger partial charge in [-0.25, -0.2) is 0 Å². The van der Waals surface area contributed by atoms with Crippen molar-refractivity contribution >= 4 is 34.5 Å². The molecule has 0 unspecified atom stereocenters. The highest BCUT2D eigenvalue weighted by Crippen LogP contribution is 2.23. The number of halogens is 1. The molecule has 0 saturated carbocycles. The second-order valence-electron chi connectivity index (χ2n) is 6.27. The third-order valence-electron chi connectivity index (χ3n) is 4.25. The van der Waals surface area contributed by atoms with Gasteiger partial charge in [0.2, 0.25) is 17.6 Å². The van der Waals surface area contributed by atoms with Crippen LogP contribution in [-0.2, 0) is 17.8 Å². The lowest BCUT2D eigenvalue weighted by Gasteiger charge is -2.22. The number of hydrogen-bond acceptors (Lipinski definition) is 6. The fourth-order valence-electron chi connectivity index (χ4n) is 2.81. The molecule has 0 aliphatic rings. The summed E-state index contributed by atoms with van der Waals surface area (Å²) in [7, 11) is 0. The van der Waals surface area contributed by atoms with Crippen molar-refractivity contribution in [1.29, 1.82) is 0 Å². The molecule has 0 fully saturated rings. The number of rotatable bonds is 7. The van der Waals surface area contributed by atoms with Crippen molar-refractivity contribution in [2.45, 2.75) is 19.4 Å². The number of aryl methyl sites for hydroxylation is 1. The molecule has 8 heteroatoms. The Morgan fingerprint density at radius 2 is 1.97 bits per heavy atom. The minimum atomic E-state index is -0.0613. The number of nitrogens with zero attached hydrogens (tertiary/aromatic N) is 4.